The van der Waals surface area contributed by atoms with E-state index in [-0.39, 0.29) is 11.7 Å². The molecule has 1 N–H and O–H groups in total. The maximum absolute atomic E-state index is 11.9. The quantitative estimate of drug-likeness (QED) is 0.800. The summed E-state index contributed by atoms with van der Waals surface area (Å²) >= 11 is 0. The van der Waals surface area contributed by atoms with Crippen molar-refractivity contribution in [3.05, 3.63) is 30.0 Å². The minimum atomic E-state index is 0.246. The largest absolute Gasteiger partial charge is 0.497 e. The summed E-state index contributed by atoms with van der Waals surface area (Å²) < 4.78 is 5.15. The van der Waals surface area contributed by atoms with Gasteiger partial charge in [0, 0.05) is 22.9 Å². The lowest BCUT2D eigenvalue weighted by Gasteiger charge is -1.97. The highest BCUT2D eigenvalue weighted by molar-refractivity contribution is 6.01. The molecule has 1 fully saturated rings. The van der Waals surface area contributed by atoms with Crippen LogP contribution in [-0.2, 0) is 0 Å². The van der Waals surface area contributed by atoms with E-state index < -0.39 is 0 Å². The van der Waals surface area contributed by atoms with Crippen molar-refractivity contribution in [1.29, 1.82) is 0 Å². The molecule has 1 aromatic heterocycles. The lowest BCUT2D eigenvalue weighted by Crippen LogP contribution is -2.00. The molecular formula is C13H13NO2. The normalized spacial score (nSPS) is 15.3. The average molecular weight is 215 g/mol. The molecule has 1 aromatic carbocycles. The van der Waals surface area contributed by atoms with Crippen LogP contribution in [0.1, 0.15) is 23.3 Å². The third kappa shape index (κ3) is 1.48. The predicted molar refractivity (Wildman–Crippen MR) is 61.9 cm³/mol. The summed E-state index contributed by atoms with van der Waals surface area (Å²) in [5, 5.41) is 1.06. The summed E-state index contributed by atoms with van der Waals surface area (Å²) in [4.78, 5) is 15.0. The molecule has 3 heteroatoms. The fourth-order valence-electron chi connectivity index (χ4n) is 1.93. The van der Waals surface area contributed by atoms with Gasteiger partial charge in [0.15, 0.2) is 5.78 Å². The number of Topliss-reactive ketones (excluding diaryl/α,β-unsaturated/α-hetero) is 1. The summed E-state index contributed by atoms with van der Waals surface area (Å²) in [6.45, 7) is 0. The zero-order valence-electron chi connectivity index (χ0n) is 9.12. The van der Waals surface area contributed by atoms with Crippen LogP contribution in [0.25, 0.3) is 10.9 Å². The molecule has 2 aromatic rings. The zero-order valence-corrected chi connectivity index (χ0v) is 9.12. The minimum absolute atomic E-state index is 0.246. The second-order valence-electron chi connectivity index (χ2n) is 4.27. The second kappa shape index (κ2) is 3.37. The number of H-pyrrole nitrogens is 1. The van der Waals surface area contributed by atoms with Gasteiger partial charge in [-0.2, -0.15) is 0 Å². The first-order valence-corrected chi connectivity index (χ1v) is 5.49. The number of methoxy groups -OCH3 is 1. The molecule has 1 aliphatic rings. The van der Waals surface area contributed by atoms with Crippen molar-refractivity contribution in [2.24, 2.45) is 5.92 Å². The number of carbonyl (C=O) groups is 1. The molecule has 0 atom stereocenters. The van der Waals surface area contributed by atoms with Gasteiger partial charge >= 0.3 is 0 Å². The Morgan fingerprint density at radius 1 is 1.38 bits per heavy atom. The van der Waals surface area contributed by atoms with Crippen molar-refractivity contribution >= 4 is 16.7 Å². The standard InChI is InChI=1S/C13H13NO2/c1-16-10-5-4-9-6-12(14-11(9)7-10)13(15)8-2-3-8/h4-8,14H,2-3H2,1H3. The molecular weight excluding hydrogens is 202 g/mol. The van der Waals surface area contributed by atoms with Gasteiger partial charge in [0.05, 0.1) is 12.8 Å². The second-order valence-corrected chi connectivity index (χ2v) is 4.27. The highest BCUT2D eigenvalue weighted by Gasteiger charge is 2.31. The fraction of sp³-hybridized carbons (Fsp3) is 0.308. The molecule has 3 nitrogen and oxygen atoms in total. The van der Waals surface area contributed by atoms with Crippen LogP contribution in [0.15, 0.2) is 24.3 Å². The maximum Gasteiger partial charge on any atom is 0.182 e. The number of benzene rings is 1. The summed E-state index contributed by atoms with van der Waals surface area (Å²) in [5.74, 6) is 1.31. The minimum Gasteiger partial charge on any atom is -0.497 e. The number of hydrogen-bond acceptors (Lipinski definition) is 2. The average Bonchev–Trinajstić information content (AvgIpc) is 3.06. The summed E-state index contributed by atoms with van der Waals surface area (Å²) in [5.41, 5.74) is 1.69. The van der Waals surface area contributed by atoms with E-state index in [1.54, 1.807) is 7.11 Å². The van der Waals surface area contributed by atoms with Crippen molar-refractivity contribution in [3.63, 3.8) is 0 Å². The van der Waals surface area contributed by atoms with Gasteiger partial charge in [-0.25, -0.2) is 0 Å². The molecule has 1 saturated carbocycles. The number of rotatable bonds is 3. The Labute approximate surface area is 93.4 Å². The third-order valence-electron chi connectivity index (χ3n) is 3.04. The van der Waals surface area contributed by atoms with Crippen molar-refractivity contribution in [1.82, 2.24) is 4.98 Å². The number of aromatic nitrogens is 1. The number of ketones is 1. The number of hydrogen-bond donors (Lipinski definition) is 1. The zero-order chi connectivity index (χ0) is 11.1. The lowest BCUT2D eigenvalue weighted by atomic mass is 10.2. The third-order valence-corrected chi connectivity index (χ3v) is 3.04. The van der Waals surface area contributed by atoms with E-state index in [0.717, 1.165) is 35.2 Å². The van der Waals surface area contributed by atoms with Crippen LogP contribution >= 0.6 is 0 Å². The molecule has 0 unspecified atom stereocenters. The van der Waals surface area contributed by atoms with Crippen LogP contribution in [0.4, 0.5) is 0 Å². The van der Waals surface area contributed by atoms with Gasteiger partial charge in [0.2, 0.25) is 0 Å². The fourth-order valence-corrected chi connectivity index (χ4v) is 1.93. The maximum atomic E-state index is 11.9. The Hall–Kier alpha value is -1.77. The summed E-state index contributed by atoms with van der Waals surface area (Å²) in [6, 6.07) is 7.71. The molecule has 0 amide bonds. The molecule has 0 spiro atoms. The van der Waals surface area contributed by atoms with E-state index in [1.165, 1.54) is 0 Å². The first kappa shape index (κ1) is 9.46. The van der Waals surface area contributed by atoms with E-state index in [0.29, 0.717) is 0 Å². The molecule has 3 rings (SSSR count). The van der Waals surface area contributed by atoms with Crippen molar-refractivity contribution in [2.75, 3.05) is 7.11 Å². The summed E-state index contributed by atoms with van der Waals surface area (Å²) in [7, 11) is 1.64. The number of ether oxygens (including phenoxy) is 1. The van der Waals surface area contributed by atoms with Crippen LogP contribution in [0, 0.1) is 5.92 Å². The first-order chi connectivity index (χ1) is 7.78. The van der Waals surface area contributed by atoms with Crippen molar-refractivity contribution in [3.8, 4) is 5.75 Å². The molecule has 0 aliphatic heterocycles. The molecule has 82 valence electrons. The van der Waals surface area contributed by atoms with Crippen LogP contribution in [-0.4, -0.2) is 17.9 Å². The van der Waals surface area contributed by atoms with Gasteiger partial charge in [-0.3, -0.25) is 4.79 Å². The Morgan fingerprint density at radius 2 is 2.19 bits per heavy atom. The highest BCUT2D eigenvalue weighted by Crippen LogP contribution is 2.33. The number of fused-ring (bicyclic) bond motifs is 1. The van der Waals surface area contributed by atoms with E-state index in [1.807, 2.05) is 24.3 Å². The van der Waals surface area contributed by atoms with Crippen LogP contribution in [0.2, 0.25) is 0 Å². The Balaban J connectivity index is 2.04. The lowest BCUT2D eigenvalue weighted by molar-refractivity contribution is 0.0963. The van der Waals surface area contributed by atoms with Gasteiger partial charge < -0.3 is 9.72 Å². The number of aromatic amines is 1. The molecule has 0 saturated heterocycles. The van der Waals surface area contributed by atoms with E-state index >= 15 is 0 Å². The van der Waals surface area contributed by atoms with Gasteiger partial charge in [-0.1, -0.05) is 0 Å². The Morgan fingerprint density at radius 3 is 2.88 bits per heavy atom. The molecule has 1 heterocycles. The van der Waals surface area contributed by atoms with Gasteiger partial charge in [0.1, 0.15) is 5.75 Å². The number of carbonyl (C=O) groups excluding carboxylic acids is 1. The summed E-state index contributed by atoms with van der Waals surface area (Å²) in [6.07, 6.45) is 2.08. The van der Waals surface area contributed by atoms with Crippen LogP contribution < -0.4 is 4.74 Å². The first-order valence-electron chi connectivity index (χ1n) is 5.49. The van der Waals surface area contributed by atoms with Gasteiger partial charge in [-0.05, 0) is 31.0 Å². The highest BCUT2D eigenvalue weighted by atomic mass is 16.5. The van der Waals surface area contributed by atoms with Crippen LogP contribution in [0.3, 0.4) is 0 Å². The van der Waals surface area contributed by atoms with Crippen molar-refractivity contribution < 1.29 is 9.53 Å². The number of nitrogens with one attached hydrogen (secondary N) is 1. The predicted octanol–water partition coefficient (Wildman–Crippen LogP) is 2.77. The topological polar surface area (TPSA) is 42.1 Å². The molecule has 0 bridgehead atoms. The van der Waals surface area contributed by atoms with Crippen molar-refractivity contribution in [2.45, 2.75) is 12.8 Å². The smallest absolute Gasteiger partial charge is 0.182 e. The molecule has 0 radical (unpaired) electrons. The van der Waals surface area contributed by atoms with Gasteiger partial charge in [0.25, 0.3) is 0 Å². The molecule has 1 aliphatic carbocycles. The molecule has 16 heavy (non-hydrogen) atoms. The van der Waals surface area contributed by atoms with E-state index in [9.17, 15) is 4.79 Å². The Bertz CT molecular complexity index is 552. The Kier molecular flexibility index (Phi) is 1.99. The van der Waals surface area contributed by atoms with E-state index in [4.69, 9.17) is 4.74 Å². The SMILES string of the molecule is COc1ccc2cc(C(=O)C3CC3)[nH]c2c1. The monoisotopic (exact) mass is 215 g/mol. The van der Waals surface area contributed by atoms with E-state index in [2.05, 4.69) is 4.98 Å². The van der Waals surface area contributed by atoms with Crippen LogP contribution in [0.5, 0.6) is 5.75 Å². The van der Waals surface area contributed by atoms with Gasteiger partial charge in [-0.15, -0.1) is 0 Å².